The van der Waals surface area contributed by atoms with Crippen molar-refractivity contribution in [3.63, 3.8) is 0 Å². The fraction of sp³-hybridized carbons (Fsp3) is 0.667. The molecule has 0 bridgehead atoms. The third kappa shape index (κ3) is 5.10. The molecule has 1 saturated heterocycles. The molecule has 0 saturated carbocycles. The van der Waals surface area contributed by atoms with Crippen LogP contribution in [-0.2, 0) is 11.2 Å². The van der Waals surface area contributed by atoms with Gasteiger partial charge in [0.1, 0.15) is 0 Å². The summed E-state index contributed by atoms with van der Waals surface area (Å²) in [6.07, 6.45) is 1.51. The predicted molar refractivity (Wildman–Crippen MR) is 88.6 cm³/mol. The second kappa shape index (κ2) is 7.92. The monoisotopic (exact) mass is 290 g/mol. The third-order valence-corrected chi connectivity index (χ3v) is 4.14. The van der Waals surface area contributed by atoms with Gasteiger partial charge in [0, 0.05) is 25.7 Å². The maximum Gasteiger partial charge on any atom is 0.0674 e. The van der Waals surface area contributed by atoms with Crippen molar-refractivity contribution in [2.24, 2.45) is 5.92 Å². The highest BCUT2D eigenvalue weighted by Gasteiger charge is 2.20. The lowest BCUT2D eigenvalue weighted by Gasteiger charge is -2.33. The molecule has 1 heterocycles. The lowest BCUT2D eigenvalue weighted by Crippen LogP contribution is -2.44. The summed E-state index contributed by atoms with van der Waals surface area (Å²) in [5.41, 5.74) is 2.81. The van der Waals surface area contributed by atoms with Crippen LogP contribution in [0.15, 0.2) is 24.3 Å². The number of nitrogens with zero attached hydrogens (tertiary/aromatic N) is 1. The molecule has 0 aliphatic carbocycles. The molecule has 1 aliphatic rings. The van der Waals surface area contributed by atoms with Crippen molar-refractivity contribution in [1.29, 1.82) is 0 Å². The third-order valence-electron chi connectivity index (χ3n) is 4.14. The molecule has 0 amide bonds. The average molecular weight is 290 g/mol. The molecule has 2 rings (SSSR count). The number of rotatable bonds is 6. The Bertz CT molecular complexity index is 416. The van der Waals surface area contributed by atoms with Crippen molar-refractivity contribution >= 4 is 0 Å². The highest BCUT2D eigenvalue weighted by atomic mass is 16.5. The van der Waals surface area contributed by atoms with Gasteiger partial charge in [-0.25, -0.2) is 0 Å². The maximum atomic E-state index is 5.62. The number of ether oxygens (including phenoxy) is 1. The van der Waals surface area contributed by atoms with Gasteiger partial charge in [0.15, 0.2) is 0 Å². The summed E-state index contributed by atoms with van der Waals surface area (Å²) in [5.74, 6) is 0.714. The van der Waals surface area contributed by atoms with Gasteiger partial charge in [0.25, 0.3) is 0 Å². The fourth-order valence-corrected chi connectivity index (χ4v) is 3.04. The van der Waals surface area contributed by atoms with E-state index in [1.807, 2.05) is 0 Å². The minimum atomic E-state index is 0.352. The molecule has 1 N–H and O–H groups in total. The fourth-order valence-electron chi connectivity index (χ4n) is 3.04. The molecule has 2 atom stereocenters. The van der Waals surface area contributed by atoms with E-state index in [1.54, 1.807) is 0 Å². The zero-order chi connectivity index (χ0) is 15.2. The lowest BCUT2D eigenvalue weighted by atomic mass is 9.99. The molecule has 3 heteroatoms. The Morgan fingerprint density at radius 3 is 2.57 bits per heavy atom. The number of hydrogen-bond acceptors (Lipinski definition) is 3. The number of hydrogen-bond donors (Lipinski definition) is 1. The van der Waals surface area contributed by atoms with Crippen molar-refractivity contribution in [1.82, 2.24) is 10.2 Å². The van der Waals surface area contributed by atoms with E-state index in [2.05, 4.69) is 62.3 Å². The quantitative estimate of drug-likeness (QED) is 0.872. The van der Waals surface area contributed by atoms with Crippen LogP contribution in [0.4, 0.5) is 0 Å². The smallest absolute Gasteiger partial charge is 0.0674 e. The van der Waals surface area contributed by atoms with Crippen LogP contribution in [-0.4, -0.2) is 44.3 Å². The van der Waals surface area contributed by atoms with Gasteiger partial charge in [-0.05, 0) is 37.4 Å². The van der Waals surface area contributed by atoms with E-state index in [-0.39, 0.29) is 0 Å². The molecular weight excluding hydrogens is 260 g/mol. The van der Waals surface area contributed by atoms with Gasteiger partial charge in [0.2, 0.25) is 0 Å². The minimum Gasteiger partial charge on any atom is -0.376 e. The molecule has 1 aliphatic heterocycles. The van der Waals surface area contributed by atoms with Crippen LogP contribution in [0, 0.1) is 5.92 Å². The van der Waals surface area contributed by atoms with E-state index in [4.69, 9.17) is 4.74 Å². The van der Waals surface area contributed by atoms with E-state index < -0.39 is 0 Å². The van der Waals surface area contributed by atoms with E-state index >= 15 is 0 Å². The van der Waals surface area contributed by atoms with E-state index in [9.17, 15) is 0 Å². The van der Waals surface area contributed by atoms with Crippen LogP contribution >= 0.6 is 0 Å². The molecule has 3 nitrogen and oxygen atoms in total. The second-order valence-electron chi connectivity index (χ2n) is 6.62. The first-order valence-corrected chi connectivity index (χ1v) is 8.18. The Labute approximate surface area is 129 Å². The molecule has 1 fully saturated rings. The second-order valence-corrected chi connectivity index (χ2v) is 6.62. The molecule has 118 valence electrons. The Balaban J connectivity index is 1.96. The molecule has 0 aromatic heterocycles. The first-order valence-electron chi connectivity index (χ1n) is 8.18. The highest BCUT2D eigenvalue weighted by Crippen LogP contribution is 2.18. The number of likely N-dealkylation sites (N-methyl/N-ethyl adjacent to an activating group) is 1. The van der Waals surface area contributed by atoms with Gasteiger partial charge in [-0.15, -0.1) is 0 Å². The molecule has 1 aromatic carbocycles. The minimum absolute atomic E-state index is 0.352. The Hall–Kier alpha value is -0.900. The first kappa shape index (κ1) is 16.5. The highest BCUT2D eigenvalue weighted by molar-refractivity contribution is 5.25. The summed E-state index contributed by atoms with van der Waals surface area (Å²) in [6, 6.07) is 9.51. The molecule has 2 unspecified atom stereocenters. The van der Waals surface area contributed by atoms with Gasteiger partial charge >= 0.3 is 0 Å². The summed E-state index contributed by atoms with van der Waals surface area (Å²) in [6.45, 7) is 10.7. The first-order chi connectivity index (χ1) is 10.1. The molecule has 0 spiro atoms. The van der Waals surface area contributed by atoms with Gasteiger partial charge in [0.05, 0.1) is 12.7 Å². The van der Waals surface area contributed by atoms with Crippen LogP contribution in [0.25, 0.3) is 0 Å². The SMILES string of the molecule is CNC(CN1CCOC(C)C1)c1ccc(CC(C)C)cc1. The maximum absolute atomic E-state index is 5.62. The summed E-state index contributed by atoms with van der Waals surface area (Å²) in [5, 5.41) is 3.46. The van der Waals surface area contributed by atoms with E-state index in [1.165, 1.54) is 11.1 Å². The largest absolute Gasteiger partial charge is 0.376 e. The number of morpholine rings is 1. The summed E-state index contributed by atoms with van der Waals surface area (Å²) in [7, 11) is 2.05. The predicted octanol–water partition coefficient (Wildman–Crippen LogP) is 2.87. The van der Waals surface area contributed by atoms with Gasteiger partial charge in [-0.2, -0.15) is 0 Å². The Morgan fingerprint density at radius 1 is 1.29 bits per heavy atom. The van der Waals surface area contributed by atoms with Gasteiger partial charge in [-0.1, -0.05) is 38.1 Å². The van der Waals surface area contributed by atoms with Crippen molar-refractivity contribution in [3.8, 4) is 0 Å². The summed E-state index contributed by atoms with van der Waals surface area (Å²) < 4.78 is 5.62. The van der Waals surface area contributed by atoms with E-state index in [0.717, 1.165) is 32.7 Å². The average Bonchev–Trinajstić information content (AvgIpc) is 2.45. The molecule has 1 aromatic rings. The van der Waals surface area contributed by atoms with E-state index in [0.29, 0.717) is 18.1 Å². The van der Waals surface area contributed by atoms with Crippen molar-refractivity contribution in [2.75, 3.05) is 33.3 Å². The molecule has 21 heavy (non-hydrogen) atoms. The topological polar surface area (TPSA) is 24.5 Å². The summed E-state index contributed by atoms with van der Waals surface area (Å²) >= 11 is 0. The standard InChI is InChI=1S/C18H30N2O/c1-14(2)11-16-5-7-17(8-6-16)18(19-4)13-20-9-10-21-15(3)12-20/h5-8,14-15,18-19H,9-13H2,1-4H3. The van der Waals surface area contributed by atoms with Crippen LogP contribution < -0.4 is 5.32 Å². The van der Waals surface area contributed by atoms with Crippen molar-refractivity contribution in [3.05, 3.63) is 35.4 Å². The van der Waals surface area contributed by atoms with Crippen molar-refractivity contribution < 1.29 is 4.74 Å². The van der Waals surface area contributed by atoms with Crippen LogP contribution in [0.3, 0.4) is 0 Å². The number of nitrogens with one attached hydrogen (secondary N) is 1. The van der Waals surface area contributed by atoms with Gasteiger partial charge in [-0.3, -0.25) is 4.90 Å². The molecule has 0 radical (unpaired) electrons. The molecular formula is C18H30N2O. The Morgan fingerprint density at radius 2 is 2.00 bits per heavy atom. The zero-order valence-electron chi connectivity index (χ0n) is 13.9. The Kier molecular flexibility index (Phi) is 6.22. The normalized spacial score (nSPS) is 21.7. The van der Waals surface area contributed by atoms with Crippen molar-refractivity contribution in [2.45, 2.75) is 39.3 Å². The lowest BCUT2D eigenvalue weighted by molar-refractivity contribution is -0.0208. The van der Waals surface area contributed by atoms with Crippen LogP contribution in [0.5, 0.6) is 0 Å². The van der Waals surface area contributed by atoms with Crippen LogP contribution in [0.1, 0.15) is 37.9 Å². The van der Waals surface area contributed by atoms with Crippen LogP contribution in [0.2, 0.25) is 0 Å². The zero-order valence-corrected chi connectivity index (χ0v) is 13.9. The van der Waals surface area contributed by atoms with Gasteiger partial charge < -0.3 is 10.1 Å². The number of benzene rings is 1. The summed E-state index contributed by atoms with van der Waals surface area (Å²) in [4.78, 5) is 2.50.